The molecule has 4 nitrogen and oxygen atoms in total. The van der Waals surface area contributed by atoms with Crippen LogP contribution < -0.4 is 0 Å². The van der Waals surface area contributed by atoms with E-state index in [9.17, 15) is 14.9 Å². The van der Waals surface area contributed by atoms with Gasteiger partial charge in [0.05, 0.1) is 9.80 Å². The Labute approximate surface area is 116 Å². The zero-order chi connectivity index (χ0) is 13.1. The molecule has 0 N–H and O–H groups in total. The van der Waals surface area contributed by atoms with E-state index in [0.29, 0.717) is 4.88 Å². The summed E-state index contributed by atoms with van der Waals surface area (Å²) in [5.74, 6) is 0.00530. The molecular weight excluding hydrogens is 318 g/mol. The van der Waals surface area contributed by atoms with E-state index in [2.05, 4.69) is 15.9 Å². The number of non-ortho nitro benzene ring substituents is 1. The summed E-state index contributed by atoms with van der Waals surface area (Å²) in [5.41, 5.74) is 0.800. The average Bonchev–Trinajstić information content (AvgIpc) is 2.76. The van der Waals surface area contributed by atoms with E-state index >= 15 is 0 Å². The normalized spacial score (nSPS) is 10.3. The van der Waals surface area contributed by atoms with Crippen LogP contribution in [0, 0.1) is 10.1 Å². The third-order valence-corrected chi connectivity index (χ3v) is 4.26. The Balaban J connectivity index is 2.13. The van der Waals surface area contributed by atoms with Gasteiger partial charge in [-0.05, 0) is 32.9 Å². The third kappa shape index (κ3) is 2.83. The number of hydrogen-bond acceptors (Lipinski definition) is 4. The SMILES string of the molecule is O=C(Cc1ccc([N+](=O)[O-])cc1)c1sccc1Br. The molecule has 18 heavy (non-hydrogen) atoms. The van der Waals surface area contributed by atoms with Crippen LogP contribution in [-0.4, -0.2) is 10.7 Å². The molecule has 1 aromatic heterocycles. The van der Waals surface area contributed by atoms with Crippen molar-refractivity contribution in [3.63, 3.8) is 0 Å². The minimum atomic E-state index is -0.457. The van der Waals surface area contributed by atoms with Gasteiger partial charge < -0.3 is 0 Å². The monoisotopic (exact) mass is 325 g/mol. The van der Waals surface area contributed by atoms with E-state index < -0.39 is 4.92 Å². The van der Waals surface area contributed by atoms with Crippen molar-refractivity contribution in [3.8, 4) is 0 Å². The first-order valence-electron chi connectivity index (χ1n) is 5.07. The van der Waals surface area contributed by atoms with Gasteiger partial charge in [0.2, 0.25) is 0 Å². The summed E-state index contributed by atoms with van der Waals surface area (Å²) < 4.78 is 0.791. The maximum atomic E-state index is 12.0. The number of rotatable bonds is 4. The van der Waals surface area contributed by atoms with Crippen molar-refractivity contribution in [2.75, 3.05) is 0 Å². The van der Waals surface area contributed by atoms with Crippen molar-refractivity contribution < 1.29 is 9.72 Å². The molecule has 0 aliphatic heterocycles. The zero-order valence-corrected chi connectivity index (χ0v) is 11.5. The van der Waals surface area contributed by atoms with E-state index in [1.165, 1.54) is 23.5 Å². The lowest BCUT2D eigenvalue weighted by Crippen LogP contribution is -2.02. The van der Waals surface area contributed by atoms with E-state index in [1.807, 2.05) is 11.4 Å². The minimum Gasteiger partial charge on any atom is -0.293 e. The maximum absolute atomic E-state index is 12.0. The summed E-state index contributed by atoms with van der Waals surface area (Å²) in [4.78, 5) is 22.7. The Hall–Kier alpha value is -1.53. The van der Waals surface area contributed by atoms with Crippen LogP contribution >= 0.6 is 27.3 Å². The Morgan fingerprint density at radius 3 is 2.44 bits per heavy atom. The number of hydrogen-bond donors (Lipinski definition) is 0. The van der Waals surface area contributed by atoms with Crippen LogP contribution in [-0.2, 0) is 6.42 Å². The number of nitrogens with zero attached hydrogens (tertiary/aromatic N) is 1. The number of ketones is 1. The number of carbonyl (C=O) groups is 1. The van der Waals surface area contributed by atoms with Gasteiger partial charge >= 0.3 is 0 Å². The van der Waals surface area contributed by atoms with Crippen molar-refractivity contribution in [2.45, 2.75) is 6.42 Å². The fraction of sp³-hybridized carbons (Fsp3) is 0.0833. The predicted octanol–water partition coefficient (Wildman–Crippen LogP) is 3.84. The fourth-order valence-corrected chi connectivity index (χ4v) is 3.03. The van der Waals surface area contributed by atoms with Gasteiger partial charge in [0.25, 0.3) is 5.69 Å². The highest BCUT2D eigenvalue weighted by Crippen LogP contribution is 2.24. The first-order chi connectivity index (χ1) is 8.58. The Morgan fingerprint density at radius 1 is 1.28 bits per heavy atom. The number of halogens is 1. The molecule has 0 atom stereocenters. The van der Waals surface area contributed by atoms with Crippen LogP contribution in [0.2, 0.25) is 0 Å². The highest BCUT2D eigenvalue weighted by Gasteiger charge is 2.13. The molecule has 1 heterocycles. The van der Waals surface area contributed by atoms with Crippen molar-refractivity contribution >= 4 is 38.7 Å². The van der Waals surface area contributed by atoms with Crippen molar-refractivity contribution in [1.82, 2.24) is 0 Å². The summed E-state index contributed by atoms with van der Waals surface area (Å²) >= 11 is 4.69. The molecular formula is C12H8BrNO3S. The van der Waals surface area contributed by atoms with Gasteiger partial charge in [-0.3, -0.25) is 14.9 Å². The molecule has 6 heteroatoms. The number of nitro groups is 1. The smallest absolute Gasteiger partial charge is 0.269 e. The van der Waals surface area contributed by atoms with Crippen LogP contribution in [0.25, 0.3) is 0 Å². The van der Waals surface area contributed by atoms with Crippen molar-refractivity contribution in [1.29, 1.82) is 0 Å². The second-order valence-electron chi connectivity index (χ2n) is 3.62. The minimum absolute atomic E-state index is 0.00530. The third-order valence-electron chi connectivity index (χ3n) is 2.38. The van der Waals surface area contributed by atoms with Crippen LogP contribution in [0.3, 0.4) is 0 Å². The lowest BCUT2D eigenvalue weighted by atomic mass is 10.1. The first kappa shape index (κ1) is 12.9. The summed E-state index contributed by atoms with van der Waals surface area (Å²) in [6, 6.07) is 7.86. The summed E-state index contributed by atoms with van der Waals surface area (Å²) in [7, 11) is 0. The highest BCUT2D eigenvalue weighted by atomic mass is 79.9. The first-order valence-corrected chi connectivity index (χ1v) is 6.74. The van der Waals surface area contributed by atoms with Crippen LogP contribution in [0.4, 0.5) is 5.69 Å². The Kier molecular flexibility index (Phi) is 3.88. The molecule has 0 amide bonds. The molecule has 92 valence electrons. The second-order valence-corrected chi connectivity index (χ2v) is 5.39. The van der Waals surface area contributed by atoms with Gasteiger partial charge in [0, 0.05) is 23.0 Å². The van der Waals surface area contributed by atoms with Gasteiger partial charge in [-0.1, -0.05) is 12.1 Å². The topological polar surface area (TPSA) is 60.2 Å². The molecule has 0 fully saturated rings. The maximum Gasteiger partial charge on any atom is 0.269 e. The van der Waals surface area contributed by atoms with E-state index in [-0.39, 0.29) is 17.9 Å². The molecule has 0 aliphatic rings. The van der Waals surface area contributed by atoms with Crippen molar-refractivity contribution in [2.24, 2.45) is 0 Å². The van der Waals surface area contributed by atoms with Gasteiger partial charge in [0.1, 0.15) is 0 Å². The molecule has 0 radical (unpaired) electrons. The molecule has 0 saturated heterocycles. The van der Waals surface area contributed by atoms with Gasteiger partial charge in [-0.25, -0.2) is 0 Å². The van der Waals surface area contributed by atoms with Gasteiger partial charge in [0.15, 0.2) is 5.78 Å². The molecule has 0 unspecified atom stereocenters. The summed E-state index contributed by atoms with van der Waals surface area (Å²) in [6.45, 7) is 0. The number of thiophene rings is 1. The standard InChI is InChI=1S/C12H8BrNO3S/c13-10-5-6-18-12(10)11(15)7-8-1-3-9(4-2-8)14(16)17/h1-6H,7H2. The number of nitro benzene ring substituents is 1. The summed E-state index contributed by atoms with van der Waals surface area (Å²) in [6.07, 6.45) is 0.247. The molecule has 1 aromatic carbocycles. The highest BCUT2D eigenvalue weighted by molar-refractivity contribution is 9.10. The van der Waals surface area contributed by atoms with E-state index in [4.69, 9.17) is 0 Å². The van der Waals surface area contributed by atoms with Crippen LogP contribution in [0.1, 0.15) is 15.2 Å². The predicted molar refractivity (Wildman–Crippen MR) is 73.1 cm³/mol. The van der Waals surface area contributed by atoms with E-state index in [1.54, 1.807) is 12.1 Å². The van der Waals surface area contributed by atoms with Gasteiger partial charge in [-0.15, -0.1) is 11.3 Å². The van der Waals surface area contributed by atoms with Gasteiger partial charge in [-0.2, -0.15) is 0 Å². The number of carbonyl (C=O) groups excluding carboxylic acids is 1. The Morgan fingerprint density at radius 2 is 1.94 bits per heavy atom. The molecule has 2 aromatic rings. The molecule has 0 aliphatic carbocycles. The van der Waals surface area contributed by atoms with E-state index in [0.717, 1.165) is 10.0 Å². The molecule has 0 saturated carbocycles. The zero-order valence-electron chi connectivity index (χ0n) is 9.13. The molecule has 0 spiro atoms. The number of Topliss-reactive ketones (excluding diaryl/α,β-unsaturated/α-hetero) is 1. The quantitative estimate of drug-likeness (QED) is 0.487. The lowest BCUT2D eigenvalue weighted by Gasteiger charge is -2.00. The fourth-order valence-electron chi connectivity index (χ4n) is 1.49. The van der Waals surface area contributed by atoms with Crippen LogP contribution in [0.5, 0.6) is 0 Å². The number of benzene rings is 1. The van der Waals surface area contributed by atoms with Crippen molar-refractivity contribution in [3.05, 3.63) is 60.7 Å². The average molecular weight is 326 g/mol. The molecule has 0 bridgehead atoms. The van der Waals surface area contributed by atoms with Crippen LogP contribution in [0.15, 0.2) is 40.2 Å². The Bertz CT molecular complexity index is 592. The largest absolute Gasteiger partial charge is 0.293 e. The lowest BCUT2D eigenvalue weighted by molar-refractivity contribution is -0.384. The summed E-state index contributed by atoms with van der Waals surface area (Å²) in [5, 5.41) is 12.3. The molecule has 2 rings (SSSR count). The second kappa shape index (κ2) is 5.41.